The quantitative estimate of drug-likeness (QED) is 0.837. The molecule has 1 saturated heterocycles. The highest BCUT2D eigenvalue weighted by Crippen LogP contribution is 2.22. The molecule has 114 valence electrons. The summed E-state index contributed by atoms with van der Waals surface area (Å²) in [5.74, 6) is 6.04. The third kappa shape index (κ3) is 5.51. The maximum absolute atomic E-state index is 10.1. The third-order valence-corrected chi connectivity index (χ3v) is 3.96. The van der Waals surface area contributed by atoms with E-state index in [1.54, 1.807) is 0 Å². The second kappa shape index (κ2) is 7.61. The van der Waals surface area contributed by atoms with Crippen molar-refractivity contribution in [2.24, 2.45) is 0 Å². The van der Waals surface area contributed by atoms with E-state index in [1.165, 1.54) is 5.56 Å². The van der Waals surface area contributed by atoms with Crippen molar-refractivity contribution in [1.29, 1.82) is 0 Å². The SMILES string of the molecule is CC1(O)CCCN(Cc2cccc(C#CCCO)c2)CC1. The lowest BCUT2D eigenvalue weighted by Crippen LogP contribution is -2.28. The average molecular weight is 287 g/mol. The molecule has 1 fully saturated rings. The van der Waals surface area contributed by atoms with Gasteiger partial charge in [-0.3, -0.25) is 4.90 Å². The Labute approximate surface area is 127 Å². The molecule has 1 aromatic carbocycles. The standard InChI is InChI=1S/C18H25NO2/c1-18(21)9-5-11-19(12-10-18)15-17-8-4-7-16(14-17)6-2-3-13-20/h4,7-8,14,20-21H,3,5,9-13,15H2,1H3. The summed E-state index contributed by atoms with van der Waals surface area (Å²) in [5, 5.41) is 18.9. The Morgan fingerprint density at radius 1 is 1.29 bits per heavy atom. The Hall–Kier alpha value is -1.34. The number of hydrogen-bond donors (Lipinski definition) is 2. The van der Waals surface area contributed by atoms with Crippen LogP contribution in [0.15, 0.2) is 24.3 Å². The predicted octanol–water partition coefficient (Wildman–Crippen LogP) is 2.16. The van der Waals surface area contributed by atoms with Crippen LogP contribution in [-0.2, 0) is 6.54 Å². The molecular formula is C18H25NO2. The minimum atomic E-state index is -0.508. The van der Waals surface area contributed by atoms with Gasteiger partial charge in [0.1, 0.15) is 0 Å². The summed E-state index contributed by atoms with van der Waals surface area (Å²) in [4.78, 5) is 2.40. The Bertz CT molecular complexity index is 513. The third-order valence-electron chi connectivity index (χ3n) is 3.96. The number of aliphatic hydroxyl groups excluding tert-OH is 1. The Morgan fingerprint density at radius 3 is 2.95 bits per heavy atom. The molecule has 2 rings (SSSR count). The van der Waals surface area contributed by atoms with Crippen LogP contribution in [0.3, 0.4) is 0 Å². The van der Waals surface area contributed by atoms with Crippen LogP contribution in [0.5, 0.6) is 0 Å². The number of rotatable bonds is 3. The molecule has 0 aliphatic carbocycles. The predicted molar refractivity (Wildman–Crippen MR) is 84.8 cm³/mol. The molecule has 1 aromatic rings. The van der Waals surface area contributed by atoms with Crippen LogP contribution in [-0.4, -0.2) is 40.4 Å². The van der Waals surface area contributed by atoms with Crippen molar-refractivity contribution in [2.75, 3.05) is 19.7 Å². The van der Waals surface area contributed by atoms with E-state index in [1.807, 2.05) is 19.1 Å². The van der Waals surface area contributed by atoms with E-state index in [-0.39, 0.29) is 6.61 Å². The minimum Gasteiger partial charge on any atom is -0.395 e. The molecule has 0 saturated carbocycles. The lowest BCUT2D eigenvalue weighted by atomic mass is 9.98. The van der Waals surface area contributed by atoms with Gasteiger partial charge in [0.25, 0.3) is 0 Å². The molecule has 0 radical (unpaired) electrons. The molecule has 0 bridgehead atoms. The van der Waals surface area contributed by atoms with Crippen molar-refractivity contribution in [2.45, 2.75) is 44.8 Å². The van der Waals surface area contributed by atoms with E-state index in [2.05, 4.69) is 28.9 Å². The molecule has 3 nitrogen and oxygen atoms in total. The number of likely N-dealkylation sites (tertiary alicyclic amines) is 1. The molecule has 0 amide bonds. The molecule has 1 unspecified atom stereocenters. The zero-order chi connectivity index (χ0) is 15.1. The first-order chi connectivity index (χ1) is 10.1. The first kappa shape index (κ1) is 16.0. The van der Waals surface area contributed by atoms with Crippen LogP contribution in [0, 0.1) is 11.8 Å². The maximum atomic E-state index is 10.1. The van der Waals surface area contributed by atoms with Crippen LogP contribution < -0.4 is 0 Å². The van der Waals surface area contributed by atoms with Gasteiger partial charge in [0.15, 0.2) is 0 Å². The van der Waals surface area contributed by atoms with Gasteiger partial charge in [0.05, 0.1) is 12.2 Å². The summed E-state index contributed by atoms with van der Waals surface area (Å²) >= 11 is 0. The van der Waals surface area contributed by atoms with Crippen LogP contribution in [0.1, 0.15) is 43.7 Å². The van der Waals surface area contributed by atoms with Gasteiger partial charge in [-0.2, -0.15) is 0 Å². The highest BCUT2D eigenvalue weighted by molar-refractivity contribution is 5.37. The van der Waals surface area contributed by atoms with Gasteiger partial charge in [-0.1, -0.05) is 24.0 Å². The highest BCUT2D eigenvalue weighted by Gasteiger charge is 2.24. The molecule has 3 heteroatoms. The van der Waals surface area contributed by atoms with E-state index in [0.29, 0.717) is 6.42 Å². The topological polar surface area (TPSA) is 43.7 Å². The minimum absolute atomic E-state index is 0.112. The smallest absolute Gasteiger partial charge is 0.0632 e. The summed E-state index contributed by atoms with van der Waals surface area (Å²) in [5.41, 5.74) is 1.75. The monoisotopic (exact) mass is 287 g/mol. The fourth-order valence-corrected chi connectivity index (χ4v) is 2.70. The average Bonchev–Trinajstić information content (AvgIpc) is 2.61. The summed E-state index contributed by atoms with van der Waals surface area (Å²) in [7, 11) is 0. The van der Waals surface area contributed by atoms with Crippen LogP contribution >= 0.6 is 0 Å². The Kier molecular flexibility index (Phi) is 5.81. The summed E-state index contributed by atoms with van der Waals surface area (Å²) < 4.78 is 0. The normalized spacial score (nSPS) is 23.2. The lowest BCUT2D eigenvalue weighted by molar-refractivity contribution is 0.0444. The van der Waals surface area contributed by atoms with E-state index in [0.717, 1.165) is 44.5 Å². The van der Waals surface area contributed by atoms with Gasteiger partial charge >= 0.3 is 0 Å². The summed E-state index contributed by atoms with van der Waals surface area (Å²) in [6.45, 7) is 4.93. The zero-order valence-electron chi connectivity index (χ0n) is 12.8. The van der Waals surface area contributed by atoms with Gasteiger partial charge < -0.3 is 10.2 Å². The molecular weight excluding hydrogens is 262 g/mol. The van der Waals surface area contributed by atoms with Crippen molar-refractivity contribution >= 4 is 0 Å². The fraction of sp³-hybridized carbons (Fsp3) is 0.556. The molecule has 0 aromatic heterocycles. The van der Waals surface area contributed by atoms with Crippen LogP contribution in [0.4, 0.5) is 0 Å². The van der Waals surface area contributed by atoms with E-state index in [4.69, 9.17) is 5.11 Å². The number of aliphatic hydroxyl groups is 2. The summed E-state index contributed by atoms with van der Waals surface area (Å²) in [6, 6.07) is 8.28. The zero-order valence-corrected chi connectivity index (χ0v) is 12.8. The van der Waals surface area contributed by atoms with Crippen LogP contribution in [0.25, 0.3) is 0 Å². The Balaban J connectivity index is 1.97. The van der Waals surface area contributed by atoms with Gasteiger partial charge in [-0.15, -0.1) is 0 Å². The second-order valence-electron chi connectivity index (χ2n) is 6.10. The van der Waals surface area contributed by atoms with Crippen molar-refractivity contribution in [3.05, 3.63) is 35.4 Å². The first-order valence-corrected chi connectivity index (χ1v) is 7.72. The molecule has 1 aliphatic heterocycles. The molecule has 21 heavy (non-hydrogen) atoms. The summed E-state index contributed by atoms with van der Waals surface area (Å²) in [6.07, 6.45) is 3.29. The van der Waals surface area contributed by atoms with Crippen LogP contribution in [0.2, 0.25) is 0 Å². The van der Waals surface area contributed by atoms with Gasteiger partial charge in [-0.25, -0.2) is 0 Å². The largest absolute Gasteiger partial charge is 0.395 e. The molecule has 0 spiro atoms. The fourth-order valence-electron chi connectivity index (χ4n) is 2.70. The number of nitrogens with zero attached hydrogens (tertiary/aromatic N) is 1. The Morgan fingerprint density at radius 2 is 2.14 bits per heavy atom. The maximum Gasteiger partial charge on any atom is 0.0632 e. The second-order valence-corrected chi connectivity index (χ2v) is 6.10. The number of hydrogen-bond acceptors (Lipinski definition) is 3. The molecule has 1 atom stereocenters. The van der Waals surface area contributed by atoms with E-state index >= 15 is 0 Å². The molecule has 1 heterocycles. The highest BCUT2D eigenvalue weighted by atomic mass is 16.3. The van der Waals surface area contributed by atoms with Crippen molar-refractivity contribution < 1.29 is 10.2 Å². The van der Waals surface area contributed by atoms with Gasteiger partial charge in [0, 0.05) is 25.1 Å². The van der Waals surface area contributed by atoms with E-state index < -0.39 is 5.60 Å². The van der Waals surface area contributed by atoms with Crippen molar-refractivity contribution in [3.8, 4) is 11.8 Å². The van der Waals surface area contributed by atoms with Crippen molar-refractivity contribution in [3.63, 3.8) is 0 Å². The van der Waals surface area contributed by atoms with E-state index in [9.17, 15) is 5.11 Å². The van der Waals surface area contributed by atoms with Gasteiger partial charge in [-0.05, 0) is 50.4 Å². The number of benzene rings is 1. The van der Waals surface area contributed by atoms with Crippen molar-refractivity contribution in [1.82, 2.24) is 4.90 Å². The van der Waals surface area contributed by atoms with Gasteiger partial charge in [0.2, 0.25) is 0 Å². The lowest BCUT2D eigenvalue weighted by Gasteiger charge is -2.22. The molecule has 2 N–H and O–H groups in total. The first-order valence-electron chi connectivity index (χ1n) is 7.72. The molecule has 1 aliphatic rings.